The van der Waals surface area contributed by atoms with Gasteiger partial charge in [0.25, 0.3) is 0 Å². The molecule has 1 unspecified atom stereocenters. The molecule has 1 atom stereocenters. The van der Waals surface area contributed by atoms with E-state index >= 15 is 0 Å². The van der Waals surface area contributed by atoms with Crippen LogP contribution in [0.15, 0.2) is 0 Å². The second-order valence-electron chi connectivity index (χ2n) is 3.47. The van der Waals surface area contributed by atoms with Crippen LogP contribution in [0.3, 0.4) is 0 Å². The summed E-state index contributed by atoms with van der Waals surface area (Å²) in [6.07, 6.45) is 0.480. The molecule has 0 aromatic rings. The van der Waals surface area contributed by atoms with Gasteiger partial charge in [0, 0.05) is 12.6 Å². The van der Waals surface area contributed by atoms with E-state index in [0.29, 0.717) is 6.42 Å². The van der Waals surface area contributed by atoms with E-state index < -0.39 is 11.5 Å². The van der Waals surface area contributed by atoms with E-state index in [1.165, 1.54) is 7.11 Å². The number of methoxy groups -OCH3 is 1. The lowest BCUT2D eigenvalue weighted by molar-refractivity contribution is -0.139. The highest BCUT2D eigenvalue weighted by Gasteiger charge is 2.27. The minimum atomic E-state index is -0.924. The zero-order chi connectivity index (χ0) is 11.2. The fraction of sp³-hybridized carbons (Fsp3) is 0.778. The molecular formula is C9H17NO4. The van der Waals surface area contributed by atoms with E-state index in [4.69, 9.17) is 5.11 Å². The summed E-state index contributed by atoms with van der Waals surface area (Å²) in [5, 5.41) is 11.3. The van der Waals surface area contributed by atoms with Crippen molar-refractivity contribution in [1.29, 1.82) is 0 Å². The SMILES string of the molecule is CCC(C)(CC(=O)O)NC(=O)COC. The number of rotatable bonds is 6. The molecule has 0 aromatic heterocycles. The van der Waals surface area contributed by atoms with Gasteiger partial charge in [-0.15, -0.1) is 0 Å². The van der Waals surface area contributed by atoms with Crippen LogP contribution in [-0.2, 0) is 14.3 Å². The van der Waals surface area contributed by atoms with E-state index in [1.54, 1.807) is 6.92 Å². The highest BCUT2D eigenvalue weighted by atomic mass is 16.5. The smallest absolute Gasteiger partial charge is 0.305 e. The maximum atomic E-state index is 11.2. The van der Waals surface area contributed by atoms with Crippen molar-refractivity contribution in [1.82, 2.24) is 5.32 Å². The fourth-order valence-electron chi connectivity index (χ4n) is 1.10. The number of nitrogens with one attached hydrogen (secondary N) is 1. The predicted molar refractivity (Wildman–Crippen MR) is 51.0 cm³/mol. The zero-order valence-corrected chi connectivity index (χ0v) is 8.79. The maximum absolute atomic E-state index is 11.2. The highest BCUT2D eigenvalue weighted by molar-refractivity contribution is 5.79. The van der Waals surface area contributed by atoms with Gasteiger partial charge in [0.2, 0.25) is 5.91 Å². The third kappa shape index (κ3) is 4.81. The summed E-state index contributed by atoms with van der Waals surface area (Å²) in [5.41, 5.74) is -0.693. The number of carboxylic acids is 1. The van der Waals surface area contributed by atoms with Gasteiger partial charge in [0.15, 0.2) is 0 Å². The number of carbonyl (C=O) groups excluding carboxylic acids is 1. The van der Waals surface area contributed by atoms with Crippen LogP contribution in [0, 0.1) is 0 Å². The van der Waals surface area contributed by atoms with Crippen LogP contribution in [0.4, 0.5) is 0 Å². The molecule has 5 heteroatoms. The number of hydrogen-bond acceptors (Lipinski definition) is 3. The van der Waals surface area contributed by atoms with Crippen LogP contribution in [0.1, 0.15) is 26.7 Å². The normalized spacial score (nSPS) is 14.5. The molecule has 1 amide bonds. The zero-order valence-electron chi connectivity index (χ0n) is 8.79. The molecule has 0 aliphatic carbocycles. The standard InChI is InChI=1S/C9H17NO4/c1-4-9(2,5-8(12)13)10-7(11)6-14-3/h4-6H2,1-3H3,(H,10,11)(H,12,13). The van der Waals surface area contributed by atoms with Gasteiger partial charge in [-0.05, 0) is 13.3 Å². The lowest BCUT2D eigenvalue weighted by atomic mass is 9.94. The van der Waals surface area contributed by atoms with Crippen LogP contribution < -0.4 is 5.32 Å². The van der Waals surface area contributed by atoms with Gasteiger partial charge >= 0.3 is 5.97 Å². The molecule has 0 saturated heterocycles. The Balaban J connectivity index is 4.24. The van der Waals surface area contributed by atoms with Crippen molar-refractivity contribution in [2.45, 2.75) is 32.2 Å². The molecule has 0 aromatic carbocycles. The van der Waals surface area contributed by atoms with E-state index in [0.717, 1.165) is 0 Å². The first-order chi connectivity index (χ1) is 6.43. The van der Waals surface area contributed by atoms with Crippen molar-refractivity contribution in [2.75, 3.05) is 13.7 Å². The van der Waals surface area contributed by atoms with Crippen molar-refractivity contribution >= 4 is 11.9 Å². The van der Waals surface area contributed by atoms with Gasteiger partial charge in [0.1, 0.15) is 6.61 Å². The summed E-state index contributed by atoms with van der Waals surface area (Å²) in [4.78, 5) is 21.7. The van der Waals surface area contributed by atoms with Gasteiger partial charge < -0.3 is 15.2 Å². The molecule has 0 fully saturated rings. The second-order valence-corrected chi connectivity index (χ2v) is 3.47. The summed E-state index contributed by atoms with van der Waals surface area (Å²) >= 11 is 0. The summed E-state index contributed by atoms with van der Waals surface area (Å²) in [7, 11) is 1.42. The highest BCUT2D eigenvalue weighted by Crippen LogP contribution is 2.13. The number of ether oxygens (including phenoxy) is 1. The molecule has 0 saturated carbocycles. The van der Waals surface area contributed by atoms with E-state index in [2.05, 4.69) is 10.1 Å². The fourth-order valence-corrected chi connectivity index (χ4v) is 1.10. The molecule has 82 valence electrons. The van der Waals surface area contributed by atoms with Gasteiger partial charge in [-0.2, -0.15) is 0 Å². The molecule has 5 nitrogen and oxygen atoms in total. The van der Waals surface area contributed by atoms with Crippen molar-refractivity contribution in [3.63, 3.8) is 0 Å². The lowest BCUT2D eigenvalue weighted by Gasteiger charge is -2.27. The first kappa shape index (κ1) is 12.9. The van der Waals surface area contributed by atoms with Crippen LogP contribution in [0.2, 0.25) is 0 Å². The third-order valence-corrected chi connectivity index (χ3v) is 2.04. The number of carbonyl (C=O) groups is 2. The minimum absolute atomic E-state index is 0.0464. The first-order valence-electron chi connectivity index (χ1n) is 4.45. The molecular weight excluding hydrogens is 186 g/mol. The number of carboxylic acid groups (broad SMARTS) is 1. The summed E-state index contributed by atoms with van der Waals surface area (Å²) in [6, 6.07) is 0. The quantitative estimate of drug-likeness (QED) is 0.655. The van der Waals surface area contributed by atoms with E-state index in [9.17, 15) is 9.59 Å². The largest absolute Gasteiger partial charge is 0.481 e. The van der Waals surface area contributed by atoms with Gasteiger partial charge in [-0.25, -0.2) is 0 Å². The molecule has 14 heavy (non-hydrogen) atoms. The monoisotopic (exact) mass is 203 g/mol. The molecule has 2 N–H and O–H groups in total. The number of amides is 1. The van der Waals surface area contributed by atoms with Gasteiger partial charge in [0.05, 0.1) is 6.42 Å². The third-order valence-electron chi connectivity index (χ3n) is 2.04. The lowest BCUT2D eigenvalue weighted by Crippen LogP contribution is -2.48. The van der Waals surface area contributed by atoms with E-state index in [-0.39, 0.29) is 18.9 Å². The summed E-state index contributed by atoms with van der Waals surface area (Å²) in [6.45, 7) is 3.49. The Morgan fingerprint density at radius 1 is 1.50 bits per heavy atom. The Labute approximate surface area is 83.4 Å². The van der Waals surface area contributed by atoms with Gasteiger partial charge in [-0.1, -0.05) is 6.92 Å². The average molecular weight is 203 g/mol. The van der Waals surface area contributed by atoms with Gasteiger partial charge in [-0.3, -0.25) is 9.59 Å². The molecule has 0 bridgehead atoms. The van der Waals surface area contributed by atoms with Crippen LogP contribution >= 0.6 is 0 Å². The average Bonchev–Trinajstić information content (AvgIpc) is 2.02. The predicted octanol–water partition coefficient (Wildman–Crippen LogP) is 0.392. The molecule has 0 aliphatic heterocycles. The maximum Gasteiger partial charge on any atom is 0.305 e. The Morgan fingerprint density at radius 2 is 2.07 bits per heavy atom. The Hall–Kier alpha value is -1.10. The van der Waals surface area contributed by atoms with Crippen molar-refractivity contribution in [3.05, 3.63) is 0 Å². The van der Waals surface area contributed by atoms with Crippen molar-refractivity contribution in [2.24, 2.45) is 0 Å². The Morgan fingerprint density at radius 3 is 2.43 bits per heavy atom. The molecule has 0 radical (unpaired) electrons. The molecule has 0 rings (SSSR count). The van der Waals surface area contributed by atoms with Crippen molar-refractivity contribution in [3.8, 4) is 0 Å². The van der Waals surface area contributed by atoms with Crippen LogP contribution in [0.5, 0.6) is 0 Å². The van der Waals surface area contributed by atoms with Crippen LogP contribution in [0.25, 0.3) is 0 Å². The summed E-state index contributed by atoms with van der Waals surface area (Å²) in [5.74, 6) is -1.22. The number of aliphatic carboxylic acids is 1. The second kappa shape index (κ2) is 5.59. The molecule has 0 aliphatic rings. The van der Waals surface area contributed by atoms with Crippen LogP contribution in [-0.4, -0.2) is 36.2 Å². The molecule has 0 heterocycles. The minimum Gasteiger partial charge on any atom is -0.481 e. The van der Waals surface area contributed by atoms with Crippen molar-refractivity contribution < 1.29 is 19.4 Å². The Bertz CT molecular complexity index is 217. The summed E-state index contributed by atoms with van der Waals surface area (Å²) < 4.78 is 4.64. The Kier molecular flexibility index (Phi) is 5.15. The topological polar surface area (TPSA) is 75.6 Å². The van der Waals surface area contributed by atoms with E-state index in [1.807, 2.05) is 6.92 Å². The number of hydrogen-bond donors (Lipinski definition) is 2. The molecule has 0 spiro atoms. The first-order valence-corrected chi connectivity index (χ1v) is 4.45.